The van der Waals surface area contributed by atoms with E-state index in [4.69, 9.17) is 5.11 Å². The van der Waals surface area contributed by atoms with Crippen molar-refractivity contribution in [3.05, 3.63) is 21.5 Å². The zero-order valence-corrected chi connectivity index (χ0v) is 8.83. The second-order valence-corrected chi connectivity index (χ2v) is 7.52. The number of hydrogen-bond donors (Lipinski definition) is 1. The topological polar surface area (TPSA) is 37.3 Å². The van der Waals surface area contributed by atoms with Gasteiger partial charge in [-0.3, -0.25) is 0 Å². The third kappa shape index (κ3) is 1.23. The SMILES string of the molecule is O=C(O)c1cc2cc[se]c2[se]1. The molecule has 11 heavy (non-hydrogen) atoms. The Morgan fingerprint density at radius 2 is 2.36 bits per heavy atom. The van der Waals surface area contributed by atoms with Crippen LogP contribution in [0.15, 0.2) is 17.1 Å². The molecular formula is C7H4O2Se2. The van der Waals surface area contributed by atoms with E-state index in [1.54, 1.807) is 0 Å². The van der Waals surface area contributed by atoms with E-state index in [1.165, 1.54) is 8.52 Å². The van der Waals surface area contributed by atoms with Gasteiger partial charge < -0.3 is 0 Å². The van der Waals surface area contributed by atoms with Crippen molar-refractivity contribution < 1.29 is 9.90 Å². The van der Waals surface area contributed by atoms with E-state index >= 15 is 0 Å². The number of aromatic carboxylic acids is 1. The summed E-state index contributed by atoms with van der Waals surface area (Å²) < 4.78 is 1.98. The van der Waals surface area contributed by atoms with E-state index in [9.17, 15) is 4.79 Å². The van der Waals surface area contributed by atoms with Gasteiger partial charge in [0, 0.05) is 0 Å². The fourth-order valence-corrected chi connectivity index (χ4v) is 5.85. The average Bonchev–Trinajstić information content (AvgIpc) is 2.40. The first-order valence-corrected chi connectivity index (χ1v) is 6.53. The van der Waals surface area contributed by atoms with Crippen LogP contribution in [0.3, 0.4) is 0 Å². The first-order valence-electron chi connectivity index (χ1n) is 2.98. The van der Waals surface area contributed by atoms with Crippen molar-refractivity contribution in [1.29, 1.82) is 0 Å². The van der Waals surface area contributed by atoms with E-state index in [0.717, 1.165) is 0 Å². The first kappa shape index (κ1) is 7.38. The van der Waals surface area contributed by atoms with E-state index < -0.39 is 5.97 Å². The molecule has 0 aliphatic carbocycles. The van der Waals surface area contributed by atoms with Gasteiger partial charge in [-0.05, 0) is 0 Å². The van der Waals surface area contributed by atoms with E-state index in [2.05, 4.69) is 4.94 Å². The second kappa shape index (κ2) is 2.65. The maximum atomic E-state index is 10.5. The summed E-state index contributed by atoms with van der Waals surface area (Å²) in [6.45, 7) is 0. The molecule has 0 aliphatic heterocycles. The van der Waals surface area contributed by atoms with E-state index in [0.29, 0.717) is 18.9 Å². The van der Waals surface area contributed by atoms with Gasteiger partial charge in [0.2, 0.25) is 0 Å². The summed E-state index contributed by atoms with van der Waals surface area (Å²) in [6, 6.07) is 3.84. The van der Waals surface area contributed by atoms with Gasteiger partial charge in [-0.2, -0.15) is 0 Å². The van der Waals surface area contributed by atoms with Crippen molar-refractivity contribution in [1.82, 2.24) is 0 Å². The minimum absolute atomic E-state index is 0.116. The van der Waals surface area contributed by atoms with E-state index in [-0.39, 0.29) is 14.5 Å². The summed E-state index contributed by atoms with van der Waals surface area (Å²) in [4.78, 5) is 12.7. The molecule has 0 bridgehead atoms. The van der Waals surface area contributed by atoms with Gasteiger partial charge in [-0.25, -0.2) is 0 Å². The molecule has 2 aromatic rings. The third-order valence-corrected chi connectivity index (χ3v) is 6.79. The molecule has 4 heteroatoms. The monoisotopic (exact) mass is 280 g/mol. The standard InChI is InChI=1S/C7H4O2Se2/c8-6(9)5-3-4-1-2-10-7(4)11-5/h1-3H,(H,8,9). The Kier molecular flexibility index (Phi) is 1.78. The molecule has 0 unspecified atom stereocenters. The molecule has 2 nitrogen and oxygen atoms in total. The third-order valence-electron chi connectivity index (χ3n) is 1.36. The van der Waals surface area contributed by atoms with Crippen LogP contribution in [0.2, 0.25) is 0 Å². The van der Waals surface area contributed by atoms with Crippen LogP contribution in [0.25, 0.3) is 8.52 Å². The minimum atomic E-state index is -0.747. The molecule has 0 saturated heterocycles. The first-order chi connectivity index (χ1) is 5.27. The molecular weight excluding hydrogens is 274 g/mol. The number of hydrogen-bond acceptors (Lipinski definition) is 1. The predicted octanol–water partition coefficient (Wildman–Crippen LogP) is 0.652. The van der Waals surface area contributed by atoms with Crippen molar-refractivity contribution in [2.45, 2.75) is 0 Å². The normalized spacial score (nSPS) is 10.5. The van der Waals surface area contributed by atoms with Gasteiger partial charge in [-0.15, -0.1) is 0 Å². The van der Waals surface area contributed by atoms with Crippen LogP contribution in [0, 0.1) is 0 Å². The Morgan fingerprint density at radius 1 is 1.55 bits per heavy atom. The van der Waals surface area contributed by atoms with Gasteiger partial charge in [0.15, 0.2) is 0 Å². The molecule has 0 saturated carbocycles. The van der Waals surface area contributed by atoms with Crippen LogP contribution >= 0.6 is 0 Å². The number of carboxylic acid groups (broad SMARTS) is 1. The molecule has 0 spiro atoms. The van der Waals surface area contributed by atoms with Crippen molar-refractivity contribution >= 4 is 43.5 Å². The molecule has 0 amide bonds. The Hall–Kier alpha value is -0.271. The van der Waals surface area contributed by atoms with Crippen molar-refractivity contribution in [2.75, 3.05) is 0 Å². The fourth-order valence-electron chi connectivity index (χ4n) is 0.871. The number of carboxylic acids is 1. The van der Waals surface area contributed by atoms with Gasteiger partial charge in [0.1, 0.15) is 0 Å². The molecule has 2 rings (SSSR count). The van der Waals surface area contributed by atoms with E-state index in [1.807, 2.05) is 12.1 Å². The van der Waals surface area contributed by atoms with Crippen molar-refractivity contribution in [3.8, 4) is 0 Å². The van der Waals surface area contributed by atoms with Gasteiger partial charge >= 0.3 is 74.9 Å². The Morgan fingerprint density at radius 3 is 3.00 bits per heavy atom. The van der Waals surface area contributed by atoms with Gasteiger partial charge in [-0.1, -0.05) is 0 Å². The summed E-state index contributed by atoms with van der Waals surface area (Å²) in [6.07, 6.45) is 0. The quantitative estimate of drug-likeness (QED) is 0.778. The average molecular weight is 278 g/mol. The predicted molar refractivity (Wildman–Crippen MR) is 44.8 cm³/mol. The summed E-state index contributed by atoms with van der Waals surface area (Å²) in [5.74, 6) is -0.747. The summed E-state index contributed by atoms with van der Waals surface area (Å²) in [7, 11) is 0. The summed E-state index contributed by atoms with van der Waals surface area (Å²) >= 11 is 0.563. The van der Waals surface area contributed by atoms with Crippen LogP contribution in [0.5, 0.6) is 0 Å². The van der Waals surface area contributed by atoms with Crippen LogP contribution in [-0.4, -0.2) is 40.1 Å². The molecule has 0 aromatic carbocycles. The fraction of sp³-hybridized carbons (Fsp3) is 0. The van der Waals surface area contributed by atoms with Crippen molar-refractivity contribution in [3.63, 3.8) is 0 Å². The molecule has 0 fully saturated rings. The van der Waals surface area contributed by atoms with Crippen molar-refractivity contribution in [2.24, 2.45) is 0 Å². The number of fused-ring (bicyclic) bond motifs is 1. The number of carbonyl (C=O) groups is 1. The number of rotatable bonds is 1. The zero-order valence-electron chi connectivity index (χ0n) is 5.40. The second-order valence-electron chi connectivity index (χ2n) is 2.08. The molecule has 0 atom stereocenters. The Labute approximate surface area is 74.9 Å². The molecule has 1 N–H and O–H groups in total. The zero-order chi connectivity index (χ0) is 7.84. The molecule has 0 aliphatic rings. The molecule has 0 radical (unpaired) electrons. The summed E-state index contributed by atoms with van der Waals surface area (Å²) in [5.41, 5.74) is 0. The molecule has 56 valence electrons. The van der Waals surface area contributed by atoms with Gasteiger partial charge in [0.25, 0.3) is 0 Å². The Bertz CT molecular complexity index is 371. The van der Waals surface area contributed by atoms with Crippen LogP contribution in [0.1, 0.15) is 9.23 Å². The van der Waals surface area contributed by atoms with Gasteiger partial charge in [0.05, 0.1) is 0 Å². The maximum absolute atomic E-state index is 10.5. The van der Waals surface area contributed by atoms with Crippen LogP contribution in [-0.2, 0) is 0 Å². The Balaban J connectivity index is 2.67. The van der Waals surface area contributed by atoms with Crippen LogP contribution in [0.4, 0.5) is 0 Å². The molecule has 2 heterocycles. The molecule has 2 aromatic heterocycles. The van der Waals surface area contributed by atoms with Crippen LogP contribution < -0.4 is 0 Å². The summed E-state index contributed by atoms with van der Waals surface area (Å²) in [5, 5.41) is 9.84.